The normalized spacial score (nSPS) is 34.6. The summed E-state index contributed by atoms with van der Waals surface area (Å²) >= 11 is 0. The molecule has 17 heavy (non-hydrogen) atoms. The minimum atomic E-state index is 0.727. The Hall–Kier alpha value is -0.0800. The van der Waals surface area contributed by atoms with Crippen LogP contribution < -0.4 is 5.32 Å². The minimum absolute atomic E-state index is 0.727. The van der Waals surface area contributed by atoms with Crippen LogP contribution in [0.4, 0.5) is 0 Å². The van der Waals surface area contributed by atoms with E-state index >= 15 is 0 Å². The van der Waals surface area contributed by atoms with Crippen LogP contribution in [0.2, 0.25) is 0 Å². The Morgan fingerprint density at radius 3 is 2.41 bits per heavy atom. The van der Waals surface area contributed by atoms with Crippen molar-refractivity contribution in [1.82, 2.24) is 10.2 Å². The molecule has 2 rings (SSSR count). The highest BCUT2D eigenvalue weighted by atomic mass is 15.2. The molecule has 0 saturated heterocycles. The maximum atomic E-state index is 3.57. The van der Waals surface area contributed by atoms with Crippen molar-refractivity contribution in [2.45, 2.75) is 71.0 Å². The van der Waals surface area contributed by atoms with E-state index in [9.17, 15) is 0 Å². The van der Waals surface area contributed by atoms with E-state index in [1.54, 1.807) is 0 Å². The summed E-state index contributed by atoms with van der Waals surface area (Å²) in [6.45, 7) is 8.44. The monoisotopic (exact) mass is 238 g/mol. The minimum Gasteiger partial charge on any atom is -0.315 e. The van der Waals surface area contributed by atoms with Gasteiger partial charge in [0.2, 0.25) is 0 Å². The lowest BCUT2D eigenvalue weighted by atomic mass is 9.82. The lowest BCUT2D eigenvalue weighted by Crippen LogP contribution is -2.53. The molecule has 0 aliphatic heterocycles. The van der Waals surface area contributed by atoms with Gasteiger partial charge in [-0.05, 0) is 51.0 Å². The first-order chi connectivity index (χ1) is 8.11. The summed E-state index contributed by atoms with van der Waals surface area (Å²) in [5.74, 6) is 1.71. The van der Waals surface area contributed by atoms with Crippen LogP contribution in [-0.2, 0) is 0 Å². The molecule has 0 heterocycles. The third-order valence-corrected chi connectivity index (χ3v) is 4.47. The van der Waals surface area contributed by atoms with Gasteiger partial charge in [0.25, 0.3) is 0 Å². The third-order valence-electron chi connectivity index (χ3n) is 4.47. The van der Waals surface area contributed by atoms with Crippen molar-refractivity contribution in [2.75, 3.05) is 13.6 Å². The summed E-state index contributed by atoms with van der Waals surface area (Å²) in [5, 5.41) is 3.57. The number of likely N-dealkylation sites (N-methyl/N-ethyl adjacent to an activating group) is 1. The molecule has 2 aliphatic rings. The van der Waals surface area contributed by atoms with Crippen LogP contribution in [0.3, 0.4) is 0 Å². The molecule has 2 nitrogen and oxygen atoms in total. The highest BCUT2D eigenvalue weighted by Gasteiger charge is 2.39. The molecule has 0 aromatic rings. The van der Waals surface area contributed by atoms with E-state index in [2.05, 4.69) is 38.0 Å². The van der Waals surface area contributed by atoms with Crippen molar-refractivity contribution < 1.29 is 0 Å². The SMILES string of the molecule is CNC1CCC(C)CC1N(CC(C)C)C1CC1. The molecular weight excluding hydrogens is 208 g/mol. The molecule has 0 spiro atoms. The Labute approximate surface area is 107 Å². The molecule has 100 valence electrons. The van der Waals surface area contributed by atoms with E-state index in [1.807, 2.05) is 0 Å². The van der Waals surface area contributed by atoms with Gasteiger partial charge in [-0.2, -0.15) is 0 Å². The summed E-state index contributed by atoms with van der Waals surface area (Å²) in [6.07, 6.45) is 7.04. The Morgan fingerprint density at radius 2 is 1.88 bits per heavy atom. The number of nitrogens with zero attached hydrogens (tertiary/aromatic N) is 1. The Balaban J connectivity index is 2.02. The van der Waals surface area contributed by atoms with Crippen LogP contribution in [0, 0.1) is 11.8 Å². The second-order valence-corrected chi connectivity index (χ2v) is 6.70. The van der Waals surface area contributed by atoms with Crippen LogP contribution in [0.15, 0.2) is 0 Å². The molecule has 1 N–H and O–H groups in total. The summed E-state index contributed by atoms with van der Waals surface area (Å²) in [6, 6.07) is 2.42. The Kier molecular flexibility index (Phi) is 4.48. The summed E-state index contributed by atoms with van der Waals surface area (Å²) < 4.78 is 0. The number of nitrogens with one attached hydrogen (secondary N) is 1. The number of rotatable bonds is 5. The van der Waals surface area contributed by atoms with Gasteiger partial charge >= 0.3 is 0 Å². The van der Waals surface area contributed by atoms with Gasteiger partial charge in [0, 0.05) is 24.7 Å². The van der Waals surface area contributed by atoms with E-state index in [1.165, 1.54) is 38.6 Å². The lowest BCUT2D eigenvalue weighted by Gasteiger charge is -2.43. The van der Waals surface area contributed by atoms with Gasteiger partial charge in [0.05, 0.1) is 0 Å². The van der Waals surface area contributed by atoms with Gasteiger partial charge in [-0.15, -0.1) is 0 Å². The largest absolute Gasteiger partial charge is 0.315 e. The fourth-order valence-electron chi connectivity index (χ4n) is 3.44. The van der Waals surface area contributed by atoms with Crippen LogP contribution in [0.5, 0.6) is 0 Å². The average molecular weight is 238 g/mol. The smallest absolute Gasteiger partial charge is 0.0254 e. The van der Waals surface area contributed by atoms with Gasteiger partial charge in [-0.3, -0.25) is 4.90 Å². The molecule has 2 fully saturated rings. The molecule has 0 bridgehead atoms. The zero-order valence-electron chi connectivity index (χ0n) is 12.1. The van der Waals surface area contributed by atoms with Crippen molar-refractivity contribution >= 4 is 0 Å². The molecule has 2 aliphatic carbocycles. The van der Waals surface area contributed by atoms with Crippen molar-refractivity contribution in [3.8, 4) is 0 Å². The summed E-state index contributed by atoms with van der Waals surface area (Å²) in [4.78, 5) is 2.83. The standard InChI is InChI=1S/C15H30N2/c1-11(2)10-17(13-6-7-13)15-9-12(3)5-8-14(15)16-4/h11-16H,5-10H2,1-4H3. The second kappa shape index (κ2) is 5.71. The first-order valence-corrected chi connectivity index (χ1v) is 7.54. The maximum Gasteiger partial charge on any atom is 0.0254 e. The van der Waals surface area contributed by atoms with E-state index in [0.717, 1.165) is 30.0 Å². The van der Waals surface area contributed by atoms with E-state index in [-0.39, 0.29) is 0 Å². The maximum absolute atomic E-state index is 3.57. The van der Waals surface area contributed by atoms with Crippen molar-refractivity contribution in [3.05, 3.63) is 0 Å². The van der Waals surface area contributed by atoms with Crippen molar-refractivity contribution in [2.24, 2.45) is 11.8 Å². The molecule has 3 atom stereocenters. The van der Waals surface area contributed by atoms with Gasteiger partial charge in [0.15, 0.2) is 0 Å². The first kappa shape index (κ1) is 13.4. The predicted molar refractivity (Wildman–Crippen MR) is 74.2 cm³/mol. The van der Waals surface area contributed by atoms with Gasteiger partial charge < -0.3 is 5.32 Å². The number of hydrogen-bond acceptors (Lipinski definition) is 2. The van der Waals surface area contributed by atoms with Crippen LogP contribution in [-0.4, -0.2) is 36.6 Å². The second-order valence-electron chi connectivity index (χ2n) is 6.70. The van der Waals surface area contributed by atoms with Gasteiger partial charge in [0.1, 0.15) is 0 Å². The third kappa shape index (κ3) is 3.45. The van der Waals surface area contributed by atoms with Crippen LogP contribution in [0.25, 0.3) is 0 Å². The molecular formula is C15H30N2. The van der Waals surface area contributed by atoms with Crippen LogP contribution >= 0.6 is 0 Å². The van der Waals surface area contributed by atoms with Crippen molar-refractivity contribution in [1.29, 1.82) is 0 Å². The number of hydrogen-bond donors (Lipinski definition) is 1. The van der Waals surface area contributed by atoms with Gasteiger partial charge in [-0.1, -0.05) is 20.8 Å². The molecule has 0 aromatic carbocycles. The molecule has 0 radical (unpaired) electrons. The molecule has 0 aromatic heterocycles. The molecule has 3 unspecified atom stereocenters. The highest BCUT2D eigenvalue weighted by molar-refractivity contribution is 4.96. The fourth-order valence-corrected chi connectivity index (χ4v) is 3.44. The molecule has 2 saturated carbocycles. The zero-order valence-corrected chi connectivity index (χ0v) is 12.1. The summed E-state index contributed by atoms with van der Waals surface area (Å²) in [5.41, 5.74) is 0. The lowest BCUT2D eigenvalue weighted by molar-refractivity contribution is 0.0858. The molecule has 2 heteroatoms. The molecule has 0 amide bonds. The van der Waals surface area contributed by atoms with Crippen molar-refractivity contribution in [3.63, 3.8) is 0 Å². The van der Waals surface area contributed by atoms with E-state index in [4.69, 9.17) is 0 Å². The topological polar surface area (TPSA) is 15.3 Å². The van der Waals surface area contributed by atoms with Crippen LogP contribution in [0.1, 0.15) is 52.9 Å². The van der Waals surface area contributed by atoms with Gasteiger partial charge in [-0.25, -0.2) is 0 Å². The predicted octanol–water partition coefficient (Wildman–Crippen LogP) is 2.88. The Morgan fingerprint density at radius 1 is 1.18 bits per heavy atom. The fraction of sp³-hybridized carbons (Fsp3) is 1.00. The quantitative estimate of drug-likeness (QED) is 0.792. The zero-order chi connectivity index (χ0) is 12.4. The van der Waals surface area contributed by atoms with E-state index in [0.29, 0.717) is 0 Å². The summed E-state index contributed by atoms with van der Waals surface area (Å²) in [7, 11) is 2.15. The first-order valence-electron chi connectivity index (χ1n) is 7.54. The highest BCUT2D eigenvalue weighted by Crippen LogP contribution is 2.35. The Bertz CT molecular complexity index is 235. The average Bonchev–Trinajstić information content (AvgIpc) is 3.09. The van der Waals surface area contributed by atoms with E-state index < -0.39 is 0 Å².